The van der Waals surface area contributed by atoms with Crippen molar-refractivity contribution in [3.8, 4) is 11.8 Å². The highest BCUT2D eigenvalue weighted by Crippen LogP contribution is 2.08. The van der Waals surface area contributed by atoms with Crippen LogP contribution in [-0.2, 0) is 10.0 Å². The molecule has 0 bridgehead atoms. The number of hydrogen-bond acceptors (Lipinski definition) is 3. The molecular weight excluding hydrogens is 214 g/mol. The first-order chi connectivity index (χ1) is 7.10. The maximum atomic E-state index is 11.3. The average molecular weight is 225 g/mol. The number of sulfonamides is 1. The lowest BCUT2D eigenvalue weighted by atomic mass is 10.2. The van der Waals surface area contributed by atoms with E-state index in [-0.39, 0.29) is 11.5 Å². The second-order valence-corrected chi connectivity index (χ2v) is 4.58. The molecule has 1 rings (SSSR count). The molecule has 5 heteroatoms. The summed E-state index contributed by atoms with van der Waals surface area (Å²) in [6.07, 6.45) is 0. The SMILES string of the molecule is CNS(=O)(=O)c1ccc(C#CCO)cc1. The highest BCUT2D eigenvalue weighted by molar-refractivity contribution is 7.89. The number of aliphatic hydroxyl groups is 1. The zero-order valence-electron chi connectivity index (χ0n) is 8.19. The summed E-state index contributed by atoms with van der Waals surface area (Å²) in [5.74, 6) is 5.15. The molecule has 0 spiro atoms. The smallest absolute Gasteiger partial charge is 0.240 e. The van der Waals surface area contributed by atoms with Gasteiger partial charge >= 0.3 is 0 Å². The second kappa shape index (κ2) is 4.94. The van der Waals surface area contributed by atoms with Crippen LogP contribution in [0.2, 0.25) is 0 Å². The van der Waals surface area contributed by atoms with E-state index in [1.165, 1.54) is 19.2 Å². The van der Waals surface area contributed by atoms with E-state index in [9.17, 15) is 8.42 Å². The summed E-state index contributed by atoms with van der Waals surface area (Å²) >= 11 is 0. The molecule has 80 valence electrons. The lowest BCUT2D eigenvalue weighted by molar-refractivity contribution is 0.350. The van der Waals surface area contributed by atoms with Gasteiger partial charge in [-0.1, -0.05) is 11.8 Å². The van der Waals surface area contributed by atoms with Gasteiger partial charge in [-0.2, -0.15) is 0 Å². The lowest BCUT2D eigenvalue weighted by Gasteiger charge is -2.01. The Balaban J connectivity index is 3.01. The lowest BCUT2D eigenvalue weighted by Crippen LogP contribution is -2.18. The van der Waals surface area contributed by atoms with E-state index in [4.69, 9.17) is 5.11 Å². The summed E-state index contributed by atoms with van der Waals surface area (Å²) in [7, 11) is -2.03. The molecule has 0 radical (unpaired) electrons. The zero-order chi connectivity index (χ0) is 11.3. The Morgan fingerprint density at radius 1 is 1.33 bits per heavy atom. The fourth-order valence-electron chi connectivity index (χ4n) is 0.977. The van der Waals surface area contributed by atoms with E-state index in [1.807, 2.05) is 0 Å². The van der Waals surface area contributed by atoms with E-state index in [0.29, 0.717) is 5.56 Å². The molecule has 1 aromatic rings. The highest BCUT2D eigenvalue weighted by atomic mass is 32.2. The van der Waals surface area contributed by atoms with Crippen LogP contribution in [0.15, 0.2) is 29.2 Å². The molecule has 0 heterocycles. The Morgan fingerprint density at radius 2 is 1.93 bits per heavy atom. The molecular formula is C10H11NO3S. The first kappa shape index (κ1) is 11.7. The predicted octanol–water partition coefficient (Wildman–Crippen LogP) is -0.0615. The Labute approximate surface area is 89.0 Å². The molecule has 15 heavy (non-hydrogen) atoms. The van der Waals surface area contributed by atoms with Gasteiger partial charge in [-0.25, -0.2) is 13.1 Å². The van der Waals surface area contributed by atoms with Gasteiger partial charge in [0, 0.05) is 5.56 Å². The fourth-order valence-corrected chi connectivity index (χ4v) is 1.71. The van der Waals surface area contributed by atoms with Crippen LogP contribution in [0.3, 0.4) is 0 Å². The van der Waals surface area contributed by atoms with Crippen molar-refractivity contribution in [2.45, 2.75) is 4.90 Å². The van der Waals surface area contributed by atoms with Crippen molar-refractivity contribution in [2.24, 2.45) is 0 Å². The average Bonchev–Trinajstić information content (AvgIpc) is 2.27. The Morgan fingerprint density at radius 3 is 2.40 bits per heavy atom. The van der Waals surface area contributed by atoms with Crippen molar-refractivity contribution in [3.63, 3.8) is 0 Å². The largest absolute Gasteiger partial charge is 0.384 e. The molecule has 0 saturated carbocycles. The van der Waals surface area contributed by atoms with Crippen LogP contribution >= 0.6 is 0 Å². The van der Waals surface area contributed by atoms with Gasteiger partial charge in [-0.3, -0.25) is 0 Å². The van der Waals surface area contributed by atoms with E-state index in [2.05, 4.69) is 16.6 Å². The number of hydrogen-bond donors (Lipinski definition) is 2. The predicted molar refractivity (Wildman–Crippen MR) is 56.7 cm³/mol. The monoisotopic (exact) mass is 225 g/mol. The normalized spacial score (nSPS) is 10.5. The maximum Gasteiger partial charge on any atom is 0.240 e. The van der Waals surface area contributed by atoms with E-state index < -0.39 is 10.0 Å². The molecule has 0 aliphatic carbocycles. The molecule has 2 N–H and O–H groups in total. The molecule has 0 atom stereocenters. The summed E-state index contributed by atoms with van der Waals surface area (Å²) in [4.78, 5) is 0.194. The van der Waals surface area contributed by atoms with E-state index >= 15 is 0 Å². The molecule has 0 aliphatic heterocycles. The van der Waals surface area contributed by atoms with Crippen LogP contribution in [0.5, 0.6) is 0 Å². The number of aliphatic hydroxyl groups excluding tert-OH is 1. The third-order valence-corrected chi connectivity index (χ3v) is 3.18. The first-order valence-corrected chi connectivity index (χ1v) is 5.72. The van der Waals surface area contributed by atoms with Crippen LogP contribution in [0.1, 0.15) is 5.56 Å². The molecule has 0 fully saturated rings. The molecule has 1 aromatic carbocycles. The maximum absolute atomic E-state index is 11.3. The second-order valence-electron chi connectivity index (χ2n) is 2.69. The Hall–Kier alpha value is -1.35. The van der Waals surface area contributed by atoms with Gasteiger partial charge in [0.05, 0.1) is 4.90 Å². The molecule has 4 nitrogen and oxygen atoms in total. The molecule has 0 saturated heterocycles. The van der Waals surface area contributed by atoms with Gasteiger partial charge in [0.2, 0.25) is 10.0 Å². The molecule has 0 aliphatic rings. The fraction of sp³-hybridized carbons (Fsp3) is 0.200. The third-order valence-electron chi connectivity index (χ3n) is 1.75. The van der Waals surface area contributed by atoms with Crippen LogP contribution in [-0.4, -0.2) is 27.2 Å². The Bertz CT molecular complexity index is 480. The Kier molecular flexibility index (Phi) is 3.86. The molecule has 0 unspecified atom stereocenters. The van der Waals surface area contributed by atoms with Crippen molar-refractivity contribution in [2.75, 3.05) is 13.7 Å². The van der Waals surface area contributed by atoms with Crippen LogP contribution < -0.4 is 4.72 Å². The topological polar surface area (TPSA) is 66.4 Å². The van der Waals surface area contributed by atoms with Crippen LogP contribution in [0, 0.1) is 11.8 Å². The number of rotatable bonds is 2. The minimum absolute atomic E-state index is 0.194. The van der Waals surface area contributed by atoms with Gasteiger partial charge in [0.15, 0.2) is 0 Å². The number of nitrogens with one attached hydrogen (secondary N) is 1. The van der Waals surface area contributed by atoms with E-state index in [1.54, 1.807) is 12.1 Å². The van der Waals surface area contributed by atoms with Crippen LogP contribution in [0.25, 0.3) is 0 Å². The standard InChI is InChI=1S/C10H11NO3S/c1-11-15(13,14)10-6-4-9(5-7-10)3-2-8-12/h4-7,11-12H,8H2,1H3. The van der Waals surface area contributed by atoms with Crippen LogP contribution in [0.4, 0.5) is 0 Å². The molecule has 0 amide bonds. The van der Waals surface area contributed by atoms with Gasteiger partial charge in [0.25, 0.3) is 0 Å². The van der Waals surface area contributed by atoms with Crippen molar-refractivity contribution in [1.29, 1.82) is 0 Å². The summed E-state index contributed by atoms with van der Waals surface area (Å²) in [6.45, 7) is -0.212. The quantitative estimate of drug-likeness (QED) is 0.693. The first-order valence-electron chi connectivity index (χ1n) is 4.23. The van der Waals surface area contributed by atoms with E-state index in [0.717, 1.165) is 0 Å². The molecule has 0 aromatic heterocycles. The van der Waals surface area contributed by atoms with Crippen molar-refractivity contribution in [3.05, 3.63) is 29.8 Å². The summed E-state index contributed by atoms with van der Waals surface area (Å²) in [5.41, 5.74) is 0.666. The van der Waals surface area contributed by atoms with Crippen molar-refractivity contribution in [1.82, 2.24) is 4.72 Å². The summed E-state index contributed by atoms with van der Waals surface area (Å²) < 4.78 is 24.9. The zero-order valence-corrected chi connectivity index (χ0v) is 9.00. The third kappa shape index (κ3) is 3.06. The minimum Gasteiger partial charge on any atom is -0.384 e. The van der Waals surface area contributed by atoms with Gasteiger partial charge in [-0.05, 0) is 31.3 Å². The summed E-state index contributed by atoms with van der Waals surface area (Å²) in [6, 6.07) is 6.11. The highest BCUT2D eigenvalue weighted by Gasteiger charge is 2.09. The van der Waals surface area contributed by atoms with Gasteiger partial charge in [0.1, 0.15) is 6.61 Å². The van der Waals surface area contributed by atoms with Gasteiger partial charge in [-0.15, -0.1) is 0 Å². The summed E-state index contributed by atoms with van der Waals surface area (Å²) in [5, 5.41) is 8.47. The minimum atomic E-state index is -3.38. The number of benzene rings is 1. The van der Waals surface area contributed by atoms with Gasteiger partial charge < -0.3 is 5.11 Å². The van der Waals surface area contributed by atoms with Crippen molar-refractivity contribution < 1.29 is 13.5 Å². The van der Waals surface area contributed by atoms with Crippen molar-refractivity contribution >= 4 is 10.0 Å².